The van der Waals surface area contributed by atoms with Gasteiger partial charge in [-0.1, -0.05) is 12.1 Å². The molecular formula is C14H14N2O. The SMILES string of the molecule is Cc1cccc2c1c1cc(=O)[nH]c(C)c1n2C. The van der Waals surface area contributed by atoms with Gasteiger partial charge in [0.25, 0.3) is 0 Å². The zero-order valence-electron chi connectivity index (χ0n) is 10.2. The van der Waals surface area contributed by atoms with Gasteiger partial charge in [-0.05, 0) is 25.5 Å². The van der Waals surface area contributed by atoms with Crippen molar-refractivity contribution >= 4 is 21.8 Å². The van der Waals surface area contributed by atoms with Crippen LogP contribution in [0.5, 0.6) is 0 Å². The maximum Gasteiger partial charge on any atom is 0.248 e. The molecule has 0 spiro atoms. The monoisotopic (exact) mass is 226 g/mol. The molecule has 0 aliphatic heterocycles. The number of hydrogen-bond acceptors (Lipinski definition) is 1. The number of fused-ring (bicyclic) bond motifs is 3. The number of aromatic nitrogens is 2. The Bertz CT molecular complexity index is 793. The Hall–Kier alpha value is -2.03. The standard InChI is InChI=1S/C14H14N2O/c1-8-5-4-6-11-13(8)10-7-12(17)15-9(2)14(10)16(11)3/h4-7H,1-3H3,(H,15,17). The molecule has 0 bridgehead atoms. The number of nitrogens with one attached hydrogen (secondary N) is 1. The molecule has 2 heterocycles. The van der Waals surface area contributed by atoms with Crippen molar-refractivity contribution in [2.45, 2.75) is 13.8 Å². The highest BCUT2D eigenvalue weighted by Crippen LogP contribution is 2.30. The molecule has 0 radical (unpaired) electrons. The summed E-state index contributed by atoms with van der Waals surface area (Å²) in [6.45, 7) is 4.02. The van der Waals surface area contributed by atoms with Crippen molar-refractivity contribution in [3.63, 3.8) is 0 Å². The first-order valence-corrected chi connectivity index (χ1v) is 5.67. The van der Waals surface area contributed by atoms with Gasteiger partial charge in [-0.25, -0.2) is 0 Å². The van der Waals surface area contributed by atoms with E-state index >= 15 is 0 Å². The van der Waals surface area contributed by atoms with Gasteiger partial charge in [0.2, 0.25) is 5.56 Å². The Morgan fingerprint density at radius 1 is 1.24 bits per heavy atom. The molecule has 0 fully saturated rings. The average Bonchev–Trinajstić information content (AvgIpc) is 2.54. The van der Waals surface area contributed by atoms with Crippen LogP contribution in [0.3, 0.4) is 0 Å². The van der Waals surface area contributed by atoms with Crippen molar-refractivity contribution in [1.82, 2.24) is 9.55 Å². The maximum atomic E-state index is 11.6. The molecule has 0 aliphatic rings. The first-order valence-electron chi connectivity index (χ1n) is 5.67. The smallest absolute Gasteiger partial charge is 0.248 e. The van der Waals surface area contributed by atoms with Crippen molar-refractivity contribution in [2.24, 2.45) is 7.05 Å². The summed E-state index contributed by atoms with van der Waals surface area (Å²) in [5, 5.41) is 2.22. The molecule has 3 nitrogen and oxygen atoms in total. The van der Waals surface area contributed by atoms with Crippen LogP contribution in [-0.2, 0) is 7.05 Å². The largest absolute Gasteiger partial charge is 0.342 e. The van der Waals surface area contributed by atoms with Crippen LogP contribution in [0.4, 0.5) is 0 Å². The van der Waals surface area contributed by atoms with Crippen LogP contribution in [0.25, 0.3) is 21.8 Å². The van der Waals surface area contributed by atoms with E-state index in [0.29, 0.717) is 0 Å². The number of nitrogens with zero attached hydrogens (tertiary/aromatic N) is 1. The van der Waals surface area contributed by atoms with Crippen LogP contribution in [0.2, 0.25) is 0 Å². The number of hydrogen-bond donors (Lipinski definition) is 1. The summed E-state index contributed by atoms with van der Waals surface area (Å²) in [5.74, 6) is 0. The normalized spacial score (nSPS) is 11.5. The zero-order chi connectivity index (χ0) is 12.2. The lowest BCUT2D eigenvalue weighted by Crippen LogP contribution is -2.06. The summed E-state index contributed by atoms with van der Waals surface area (Å²) >= 11 is 0. The second kappa shape index (κ2) is 3.23. The number of aryl methyl sites for hydroxylation is 3. The molecule has 0 saturated carbocycles. The molecule has 1 aromatic carbocycles. The molecule has 17 heavy (non-hydrogen) atoms. The molecule has 0 amide bonds. The number of rotatable bonds is 0. The van der Waals surface area contributed by atoms with E-state index in [9.17, 15) is 4.79 Å². The second-order valence-corrected chi connectivity index (χ2v) is 4.55. The van der Waals surface area contributed by atoms with E-state index < -0.39 is 0 Å². The number of pyridine rings is 1. The summed E-state index contributed by atoms with van der Waals surface area (Å²) < 4.78 is 2.14. The van der Waals surface area contributed by atoms with Crippen LogP contribution in [-0.4, -0.2) is 9.55 Å². The third kappa shape index (κ3) is 1.25. The predicted octanol–water partition coefficient (Wildman–Crippen LogP) is 2.64. The highest BCUT2D eigenvalue weighted by molar-refractivity contribution is 6.10. The van der Waals surface area contributed by atoms with Gasteiger partial charge in [-0.2, -0.15) is 0 Å². The third-order valence-corrected chi connectivity index (χ3v) is 3.41. The number of H-pyrrole nitrogens is 1. The lowest BCUT2D eigenvalue weighted by atomic mass is 10.1. The minimum absolute atomic E-state index is 0.0363. The molecule has 1 N–H and O–H groups in total. The van der Waals surface area contributed by atoms with Gasteiger partial charge in [0.05, 0.1) is 5.52 Å². The fraction of sp³-hybridized carbons (Fsp3) is 0.214. The summed E-state index contributed by atoms with van der Waals surface area (Å²) in [4.78, 5) is 14.5. The lowest BCUT2D eigenvalue weighted by Gasteiger charge is -2.00. The predicted molar refractivity (Wildman–Crippen MR) is 70.5 cm³/mol. The van der Waals surface area contributed by atoms with Crippen molar-refractivity contribution in [2.75, 3.05) is 0 Å². The number of aromatic amines is 1. The fourth-order valence-electron chi connectivity index (χ4n) is 2.71. The highest BCUT2D eigenvalue weighted by atomic mass is 16.1. The van der Waals surface area contributed by atoms with Gasteiger partial charge in [-0.3, -0.25) is 4.79 Å². The Labute approximate surface area is 98.7 Å². The molecular weight excluding hydrogens is 212 g/mol. The Morgan fingerprint density at radius 3 is 2.76 bits per heavy atom. The third-order valence-electron chi connectivity index (χ3n) is 3.41. The van der Waals surface area contributed by atoms with E-state index in [2.05, 4.69) is 28.6 Å². The molecule has 3 heteroatoms. The first kappa shape index (κ1) is 10.1. The summed E-state index contributed by atoms with van der Waals surface area (Å²) in [6.07, 6.45) is 0. The van der Waals surface area contributed by atoms with Gasteiger partial charge in [0.1, 0.15) is 0 Å². The highest BCUT2D eigenvalue weighted by Gasteiger charge is 2.12. The van der Waals surface area contributed by atoms with Gasteiger partial charge >= 0.3 is 0 Å². The van der Waals surface area contributed by atoms with Crippen molar-refractivity contribution in [3.8, 4) is 0 Å². The zero-order valence-corrected chi connectivity index (χ0v) is 10.2. The van der Waals surface area contributed by atoms with E-state index in [0.717, 1.165) is 16.6 Å². The van der Waals surface area contributed by atoms with Crippen molar-refractivity contribution in [3.05, 3.63) is 45.9 Å². The van der Waals surface area contributed by atoms with E-state index in [1.54, 1.807) is 6.07 Å². The molecule has 0 atom stereocenters. The summed E-state index contributed by atoms with van der Waals surface area (Å²) in [5.41, 5.74) is 4.37. The Morgan fingerprint density at radius 2 is 2.00 bits per heavy atom. The minimum atomic E-state index is -0.0363. The van der Waals surface area contributed by atoms with Crippen LogP contribution in [0.1, 0.15) is 11.3 Å². The van der Waals surface area contributed by atoms with Crippen LogP contribution in [0, 0.1) is 13.8 Å². The van der Waals surface area contributed by atoms with Crippen molar-refractivity contribution in [1.29, 1.82) is 0 Å². The molecule has 3 aromatic rings. The van der Waals surface area contributed by atoms with E-state index in [1.165, 1.54) is 16.5 Å². The topological polar surface area (TPSA) is 37.8 Å². The summed E-state index contributed by atoms with van der Waals surface area (Å²) in [7, 11) is 2.04. The Kier molecular flexibility index (Phi) is 1.93. The average molecular weight is 226 g/mol. The Balaban J connectivity index is 2.75. The first-order chi connectivity index (χ1) is 8.09. The molecule has 0 unspecified atom stereocenters. The van der Waals surface area contributed by atoms with Crippen LogP contribution >= 0.6 is 0 Å². The molecule has 2 aromatic heterocycles. The van der Waals surface area contributed by atoms with Crippen LogP contribution < -0.4 is 5.56 Å². The maximum absolute atomic E-state index is 11.6. The van der Waals surface area contributed by atoms with E-state index in [-0.39, 0.29) is 5.56 Å². The quantitative estimate of drug-likeness (QED) is 0.628. The van der Waals surface area contributed by atoms with E-state index in [4.69, 9.17) is 0 Å². The van der Waals surface area contributed by atoms with Gasteiger partial charge in [0.15, 0.2) is 0 Å². The molecule has 0 saturated heterocycles. The van der Waals surface area contributed by atoms with E-state index in [1.807, 2.05) is 20.0 Å². The minimum Gasteiger partial charge on any atom is -0.342 e. The van der Waals surface area contributed by atoms with Gasteiger partial charge in [0, 0.05) is 35.1 Å². The van der Waals surface area contributed by atoms with Gasteiger partial charge < -0.3 is 9.55 Å². The number of benzene rings is 1. The molecule has 0 aliphatic carbocycles. The second-order valence-electron chi connectivity index (χ2n) is 4.55. The van der Waals surface area contributed by atoms with Crippen molar-refractivity contribution < 1.29 is 0 Å². The summed E-state index contributed by atoms with van der Waals surface area (Å²) in [6, 6.07) is 7.91. The fourth-order valence-corrected chi connectivity index (χ4v) is 2.71. The molecule has 3 rings (SSSR count). The van der Waals surface area contributed by atoms with Gasteiger partial charge in [-0.15, -0.1) is 0 Å². The van der Waals surface area contributed by atoms with Crippen LogP contribution in [0.15, 0.2) is 29.1 Å². The molecule has 86 valence electrons. The lowest BCUT2D eigenvalue weighted by molar-refractivity contribution is 0.992.